The molecule has 2 heterocycles. The van der Waals surface area contributed by atoms with Gasteiger partial charge in [0.05, 0.1) is 36.7 Å². The predicted octanol–water partition coefficient (Wildman–Crippen LogP) is 9.17. The Labute approximate surface area is 426 Å². The van der Waals surface area contributed by atoms with Crippen LogP contribution in [-0.2, 0) is 46.0 Å². The van der Waals surface area contributed by atoms with E-state index in [1.54, 1.807) is 7.05 Å². The third kappa shape index (κ3) is 12.8. The van der Waals surface area contributed by atoms with E-state index in [-0.39, 0.29) is 63.8 Å². The molecule has 2 unspecified atom stereocenters. The summed E-state index contributed by atoms with van der Waals surface area (Å²) in [6, 6.07) is 26.9. The zero-order valence-corrected chi connectivity index (χ0v) is 46.6. The Kier molecular flexibility index (Phi) is 15.8. The topological polar surface area (TPSA) is 147 Å². The first-order valence-electron chi connectivity index (χ1n) is 25.7. The highest BCUT2D eigenvalue weighted by molar-refractivity contribution is 7.86. The molecule has 71 heavy (non-hydrogen) atoms. The van der Waals surface area contributed by atoms with E-state index in [4.69, 9.17) is 18.1 Å². The van der Waals surface area contributed by atoms with Crippen LogP contribution in [0.1, 0.15) is 136 Å². The number of nitrogens with zero attached hydrogens (tertiary/aromatic N) is 2. The fraction of sp³-hybridized carbons (Fsp3) is 0.596. The second kappa shape index (κ2) is 20.6. The van der Waals surface area contributed by atoms with Crippen LogP contribution in [0.2, 0.25) is 5.04 Å². The number of ether oxygens (including phenoxy) is 2. The number of pyridine rings is 1. The minimum atomic E-state index is -3.78. The normalized spacial score (nSPS) is 23.5. The van der Waals surface area contributed by atoms with E-state index in [2.05, 4.69) is 123 Å². The molecule has 2 aromatic carbocycles. The first-order valence-corrected chi connectivity index (χ1v) is 29.2. The predicted molar refractivity (Wildman–Crippen MR) is 285 cm³/mol. The molecule has 8 rings (SSSR count). The van der Waals surface area contributed by atoms with Crippen molar-refractivity contribution in [3.63, 3.8) is 0 Å². The molecule has 4 bridgehead atoms. The van der Waals surface area contributed by atoms with Crippen molar-refractivity contribution in [2.45, 2.75) is 150 Å². The molecule has 4 fully saturated rings. The quantitative estimate of drug-likeness (QED) is 0.0338. The van der Waals surface area contributed by atoms with E-state index in [0.29, 0.717) is 37.4 Å². The summed E-state index contributed by atoms with van der Waals surface area (Å²) in [6.45, 7) is 26.0. The Morgan fingerprint density at radius 3 is 1.97 bits per heavy atom. The van der Waals surface area contributed by atoms with Gasteiger partial charge in [-0.25, -0.2) is 9.78 Å². The number of carbonyl (C=O) groups is 2. The van der Waals surface area contributed by atoms with Gasteiger partial charge in [0.25, 0.3) is 18.4 Å². The Hall–Kier alpha value is -4.18. The lowest BCUT2D eigenvalue weighted by atomic mass is 9.39. The van der Waals surface area contributed by atoms with Crippen LogP contribution in [0.3, 0.4) is 0 Å². The summed E-state index contributed by atoms with van der Waals surface area (Å²) >= 11 is 0. The minimum Gasteiger partial charge on any atom is -0.455 e. The highest BCUT2D eigenvalue weighted by atomic mass is 32.2. The van der Waals surface area contributed by atoms with Crippen LogP contribution in [0, 0.1) is 28.6 Å². The van der Waals surface area contributed by atoms with E-state index >= 15 is 0 Å². The smallest absolute Gasteiger partial charge is 0.358 e. The maximum absolute atomic E-state index is 13.6. The van der Waals surface area contributed by atoms with Gasteiger partial charge in [-0.2, -0.15) is 8.42 Å². The largest absolute Gasteiger partial charge is 0.455 e. The number of likely N-dealkylation sites (N-methyl/N-ethyl adjacent to an activating group) is 1. The highest BCUT2D eigenvalue weighted by Crippen LogP contribution is 2.72. The van der Waals surface area contributed by atoms with Crippen molar-refractivity contribution < 1.29 is 36.1 Å². The van der Waals surface area contributed by atoms with Crippen LogP contribution in [-0.4, -0.2) is 95.1 Å². The van der Waals surface area contributed by atoms with Crippen LogP contribution >= 0.6 is 0 Å². The minimum absolute atomic E-state index is 0.0170. The highest BCUT2D eigenvalue weighted by Gasteiger charge is 2.66. The Bertz CT molecular complexity index is 2560. The number of carbonyl (C=O) groups excluding carboxylic acids is 2. The molecular weight excluding hydrogens is 929 g/mol. The molecule has 1 amide bonds. The van der Waals surface area contributed by atoms with Crippen molar-refractivity contribution in [2.75, 3.05) is 45.7 Å². The van der Waals surface area contributed by atoms with Crippen molar-refractivity contribution in [1.82, 2.24) is 20.2 Å². The maximum Gasteiger partial charge on any atom is 0.358 e. The number of nitrogens with one attached hydrogen (secondary N) is 2. The summed E-state index contributed by atoms with van der Waals surface area (Å²) in [5.41, 5.74) is 2.23. The summed E-state index contributed by atoms with van der Waals surface area (Å²) < 4.78 is 54.4. The summed E-state index contributed by atoms with van der Waals surface area (Å²) in [5.74, 6) is -0.829. The van der Waals surface area contributed by atoms with Gasteiger partial charge >= 0.3 is 5.97 Å². The lowest BCUT2D eigenvalue weighted by Crippen LogP contribution is -2.66. The van der Waals surface area contributed by atoms with Gasteiger partial charge < -0.3 is 29.1 Å². The second-order valence-electron chi connectivity index (χ2n) is 24.9. The average Bonchev–Trinajstić information content (AvgIpc) is 3.61. The summed E-state index contributed by atoms with van der Waals surface area (Å²) in [6.07, 6.45) is 9.24. The molecule has 0 radical (unpaired) electrons. The van der Waals surface area contributed by atoms with E-state index in [1.807, 2.05) is 58.9 Å². The van der Waals surface area contributed by atoms with Gasteiger partial charge in [-0.3, -0.25) is 8.98 Å². The molecular formula is C57H82N4O8SSi. The molecule has 4 aliphatic rings. The Morgan fingerprint density at radius 1 is 0.775 bits per heavy atom. The first-order chi connectivity index (χ1) is 33.1. The third-order valence-electron chi connectivity index (χ3n) is 15.2. The molecule has 2 aromatic heterocycles. The van der Waals surface area contributed by atoms with Crippen LogP contribution in [0.25, 0.3) is 11.1 Å². The average molecular weight is 1010 g/mol. The Balaban J connectivity index is 0.935. The fourth-order valence-corrected chi connectivity index (χ4v) is 18.9. The number of benzene rings is 2. The molecule has 0 spiro atoms. The van der Waals surface area contributed by atoms with Gasteiger partial charge in [-0.1, -0.05) is 115 Å². The third-order valence-corrected chi connectivity index (χ3v) is 21.4. The summed E-state index contributed by atoms with van der Waals surface area (Å²) in [5, 5.41) is 8.26. The number of amides is 1. The maximum atomic E-state index is 13.6. The number of hydrogen-bond donors (Lipinski definition) is 2. The molecule has 12 nitrogen and oxygen atoms in total. The van der Waals surface area contributed by atoms with Crippen LogP contribution < -0.4 is 21.0 Å². The van der Waals surface area contributed by atoms with Gasteiger partial charge in [-0.15, -0.1) is 0 Å². The zero-order valence-electron chi connectivity index (χ0n) is 44.8. The molecule has 2 atom stereocenters. The second-order valence-corrected chi connectivity index (χ2v) is 31.0. The summed E-state index contributed by atoms with van der Waals surface area (Å²) in [7, 11) is -4.91. The van der Waals surface area contributed by atoms with Gasteiger partial charge in [0.1, 0.15) is 5.60 Å². The monoisotopic (exact) mass is 1010 g/mol. The number of hydrogen-bond acceptors (Lipinski definition) is 10. The van der Waals surface area contributed by atoms with Crippen molar-refractivity contribution in [2.24, 2.45) is 21.7 Å². The van der Waals surface area contributed by atoms with Crippen LogP contribution in [0.5, 0.6) is 0 Å². The number of rotatable bonds is 22. The fourth-order valence-electron chi connectivity index (χ4n) is 13.4. The molecule has 0 aliphatic heterocycles. The van der Waals surface area contributed by atoms with Crippen molar-refractivity contribution >= 4 is 40.7 Å². The summed E-state index contributed by atoms with van der Waals surface area (Å²) in [4.78, 5) is 30.6. The Morgan fingerprint density at radius 2 is 1.39 bits per heavy atom. The number of esters is 1. The lowest BCUT2D eigenvalue weighted by molar-refractivity contribution is -0.247. The molecule has 4 saturated carbocycles. The van der Waals surface area contributed by atoms with E-state index in [9.17, 15) is 18.0 Å². The van der Waals surface area contributed by atoms with Gasteiger partial charge in [0.15, 0.2) is 5.69 Å². The molecule has 4 aliphatic carbocycles. The lowest BCUT2D eigenvalue weighted by Gasteiger charge is -2.69. The van der Waals surface area contributed by atoms with Crippen LogP contribution in [0.4, 0.5) is 0 Å². The van der Waals surface area contributed by atoms with Crippen molar-refractivity contribution in [1.29, 1.82) is 0 Å². The molecule has 0 saturated heterocycles. The molecule has 2 N–H and O–H groups in total. The van der Waals surface area contributed by atoms with Gasteiger partial charge in [-0.05, 0) is 122 Å². The van der Waals surface area contributed by atoms with E-state index < -0.39 is 35.4 Å². The van der Waals surface area contributed by atoms with E-state index in [0.717, 1.165) is 49.9 Å². The van der Waals surface area contributed by atoms with Crippen molar-refractivity contribution in [3.05, 3.63) is 102 Å². The zero-order chi connectivity index (χ0) is 51.7. The molecule has 388 valence electrons. The molecule has 14 heteroatoms. The SMILES string of the molecule is CNC(=O)Cc1ccc(-c2ccn(CC34CC5(C)CC(C)(C3)CC(OCCNCCS(=O)(=O)OCC(C)(C)CCO[Si](c3ccccc3)(c3ccccc3)C(C)(C)C)(C5)C4)c2C)c(C(=O)OC(C)(C)C)n1. The van der Waals surface area contributed by atoms with Crippen LogP contribution in [0.15, 0.2) is 85.1 Å². The first kappa shape index (κ1) is 54.6. The van der Waals surface area contributed by atoms with Crippen molar-refractivity contribution in [3.8, 4) is 11.1 Å². The van der Waals surface area contributed by atoms with E-state index in [1.165, 1.54) is 16.8 Å². The standard InChI is InChI=1S/C57H82N4O8SSi/c1-42-46(47-24-23-43(33-48(62)58-12)60-49(47)50(63)69-51(2,3)4)25-29-61(42)40-56-35-54(10)34-55(11,36-56)38-57(37-54,39-56)66-31-27-59-28-32-70(64,65)67-41-53(8,9)26-30-68-71(52(5,6)7,44-19-15-13-16-20-44)45-21-17-14-18-22-45/h13-25,29,59H,26-28,30-41H2,1-12H3,(H,58,62). The van der Waals surface area contributed by atoms with Gasteiger partial charge in [0.2, 0.25) is 5.91 Å². The number of aromatic nitrogens is 2. The molecule has 4 aromatic rings. The van der Waals surface area contributed by atoms with Gasteiger partial charge in [0, 0.05) is 56.3 Å².